The number of furan rings is 1. The maximum absolute atomic E-state index is 12.0. The van der Waals surface area contributed by atoms with Gasteiger partial charge in [0.2, 0.25) is 5.91 Å². The van der Waals surface area contributed by atoms with Gasteiger partial charge in [-0.25, -0.2) is 4.98 Å². The largest absolute Gasteiger partial charge is 0.444 e. The summed E-state index contributed by atoms with van der Waals surface area (Å²) < 4.78 is 5.57. The summed E-state index contributed by atoms with van der Waals surface area (Å²) in [5.74, 6) is 0.0278. The van der Waals surface area contributed by atoms with Crippen LogP contribution >= 0.6 is 15.9 Å². The molecule has 0 aliphatic carbocycles. The highest BCUT2D eigenvalue weighted by molar-refractivity contribution is 9.10. The summed E-state index contributed by atoms with van der Waals surface area (Å²) in [7, 11) is 0. The van der Waals surface area contributed by atoms with Crippen molar-refractivity contribution in [3.05, 3.63) is 52.7 Å². The third kappa shape index (κ3) is 3.65. The van der Waals surface area contributed by atoms with Crippen LogP contribution in [0.3, 0.4) is 0 Å². The SMILES string of the molecule is CC(NC(=O)CNC(=O)c1ccc(Br)o1)c1nc2ccccc2[nH]1. The number of rotatable bonds is 5. The van der Waals surface area contributed by atoms with Crippen molar-refractivity contribution in [2.75, 3.05) is 6.54 Å². The minimum absolute atomic E-state index is 0.139. The second-order valence-corrected chi connectivity index (χ2v) is 6.00. The van der Waals surface area contributed by atoms with E-state index in [-0.39, 0.29) is 24.3 Å². The summed E-state index contributed by atoms with van der Waals surface area (Å²) in [6, 6.07) is 10.5. The number of nitrogens with zero attached hydrogens (tertiary/aromatic N) is 1. The Labute approximate surface area is 146 Å². The zero-order valence-corrected chi connectivity index (χ0v) is 14.4. The van der Waals surface area contributed by atoms with Crippen molar-refractivity contribution < 1.29 is 14.0 Å². The van der Waals surface area contributed by atoms with Crippen LogP contribution in [0.4, 0.5) is 0 Å². The summed E-state index contributed by atoms with van der Waals surface area (Å²) in [6.07, 6.45) is 0. The molecule has 1 unspecified atom stereocenters. The summed E-state index contributed by atoms with van der Waals surface area (Å²) in [4.78, 5) is 31.4. The van der Waals surface area contributed by atoms with Gasteiger partial charge in [-0.05, 0) is 47.1 Å². The van der Waals surface area contributed by atoms with Crippen LogP contribution in [0.15, 0.2) is 45.5 Å². The monoisotopic (exact) mass is 390 g/mol. The van der Waals surface area contributed by atoms with Gasteiger partial charge in [-0.3, -0.25) is 9.59 Å². The molecule has 0 fully saturated rings. The Morgan fingerprint density at radius 2 is 2.08 bits per heavy atom. The predicted octanol–water partition coefficient (Wildman–Crippen LogP) is 2.53. The van der Waals surface area contributed by atoms with Crippen LogP contribution in [0.2, 0.25) is 0 Å². The molecule has 0 bridgehead atoms. The fourth-order valence-corrected chi connectivity index (χ4v) is 2.53. The van der Waals surface area contributed by atoms with E-state index in [9.17, 15) is 9.59 Å². The molecular formula is C16H15BrN4O3. The lowest BCUT2D eigenvalue weighted by Crippen LogP contribution is -2.38. The van der Waals surface area contributed by atoms with Gasteiger partial charge in [0.25, 0.3) is 5.91 Å². The van der Waals surface area contributed by atoms with Gasteiger partial charge in [0, 0.05) is 0 Å². The molecule has 0 spiro atoms. The standard InChI is InChI=1S/C16H15BrN4O3/c1-9(15-20-10-4-2-3-5-11(10)21-15)19-14(22)8-18-16(23)12-6-7-13(17)24-12/h2-7,9H,8H2,1H3,(H,18,23)(H,19,22)(H,20,21). The Balaban J connectivity index is 1.55. The van der Waals surface area contributed by atoms with E-state index in [4.69, 9.17) is 4.42 Å². The van der Waals surface area contributed by atoms with Gasteiger partial charge in [-0.1, -0.05) is 12.1 Å². The third-order valence-corrected chi connectivity index (χ3v) is 3.83. The molecule has 3 N–H and O–H groups in total. The highest BCUT2D eigenvalue weighted by Crippen LogP contribution is 2.15. The third-order valence-electron chi connectivity index (χ3n) is 3.40. The molecule has 1 atom stereocenters. The molecule has 3 aromatic rings. The fraction of sp³-hybridized carbons (Fsp3) is 0.188. The molecule has 8 heteroatoms. The van der Waals surface area contributed by atoms with E-state index >= 15 is 0 Å². The lowest BCUT2D eigenvalue weighted by molar-refractivity contribution is -0.120. The number of imidazole rings is 1. The van der Waals surface area contributed by atoms with E-state index in [1.54, 1.807) is 6.07 Å². The van der Waals surface area contributed by atoms with Crippen LogP contribution in [-0.2, 0) is 4.79 Å². The number of hydrogen-bond donors (Lipinski definition) is 3. The number of carbonyl (C=O) groups is 2. The van der Waals surface area contributed by atoms with Crippen molar-refractivity contribution >= 4 is 38.8 Å². The number of H-pyrrole nitrogens is 1. The van der Waals surface area contributed by atoms with Gasteiger partial charge >= 0.3 is 0 Å². The second kappa shape index (κ2) is 6.88. The van der Waals surface area contributed by atoms with Crippen molar-refractivity contribution in [1.29, 1.82) is 0 Å². The van der Waals surface area contributed by atoms with Crippen LogP contribution < -0.4 is 10.6 Å². The number of halogens is 1. The van der Waals surface area contributed by atoms with Gasteiger partial charge in [0.1, 0.15) is 5.82 Å². The summed E-state index contributed by atoms with van der Waals surface area (Å²) in [6.45, 7) is 1.67. The first-order valence-corrected chi connectivity index (χ1v) is 8.10. The Bertz CT molecular complexity index is 853. The molecule has 3 rings (SSSR count). The number of fused-ring (bicyclic) bond motifs is 1. The first-order valence-electron chi connectivity index (χ1n) is 7.30. The molecule has 1 aromatic carbocycles. The Morgan fingerprint density at radius 3 is 2.79 bits per heavy atom. The molecule has 24 heavy (non-hydrogen) atoms. The zero-order chi connectivity index (χ0) is 17.1. The van der Waals surface area contributed by atoms with E-state index < -0.39 is 5.91 Å². The molecule has 7 nitrogen and oxygen atoms in total. The van der Waals surface area contributed by atoms with Gasteiger partial charge in [0.15, 0.2) is 10.4 Å². The Morgan fingerprint density at radius 1 is 1.29 bits per heavy atom. The predicted molar refractivity (Wildman–Crippen MR) is 91.4 cm³/mol. The van der Waals surface area contributed by atoms with E-state index in [1.807, 2.05) is 31.2 Å². The minimum atomic E-state index is -0.452. The van der Waals surface area contributed by atoms with Crippen molar-refractivity contribution in [2.24, 2.45) is 0 Å². The maximum Gasteiger partial charge on any atom is 0.287 e. The highest BCUT2D eigenvalue weighted by atomic mass is 79.9. The average Bonchev–Trinajstić information content (AvgIpc) is 3.18. The number of aromatic amines is 1. The summed E-state index contributed by atoms with van der Waals surface area (Å²) in [5, 5.41) is 5.28. The summed E-state index contributed by atoms with van der Waals surface area (Å²) in [5.41, 5.74) is 1.75. The van der Waals surface area contributed by atoms with Crippen molar-refractivity contribution in [3.63, 3.8) is 0 Å². The van der Waals surface area contributed by atoms with Crippen LogP contribution in [-0.4, -0.2) is 28.3 Å². The van der Waals surface area contributed by atoms with E-state index in [2.05, 4.69) is 36.5 Å². The molecular weight excluding hydrogens is 376 g/mol. The number of carbonyl (C=O) groups excluding carboxylic acids is 2. The number of amides is 2. The molecule has 0 saturated heterocycles. The Kier molecular flexibility index (Phi) is 4.66. The molecule has 0 saturated carbocycles. The molecule has 0 aliphatic heterocycles. The first kappa shape index (κ1) is 16.3. The smallest absolute Gasteiger partial charge is 0.287 e. The number of benzene rings is 1. The van der Waals surface area contributed by atoms with Crippen LogP contribution in [0.5, 0.6) is 0 Å². The quantitative estimate of drug-likeness (QED) is 0.622. The zero-order valence-electron chi connectivity index (χ0n) is 12.8. The van der Waals surface area contributed by atoms with Crippen LogP contribution in [0.25, 0.3) is 11.0 Å². The van der Waals surface area contributed by atoms with Gasteiger partial charge < -0.3 is 20.0 Å². The van der Waals surface area contributed by atoms with Crippen LogP contribution in [0, 0.1) is 0 Å². The van der Waals surface area contributed by atoms with Crippen molar-refractivity contribution in [2.45, 2.75) is 13.0 Å². The maximum atomic E-state index is 12.0. The second-order valence-electron chi connectivity index (χ2n) is 5.21. The fourth-order valence-electron chi connectivity index (χ4n) is 2.22. The number of hydrogen-bond acceptors (Lipinski definition) is 4. The normalized spacial score (nSPS) is 12.1. The first-order chi connectivity index (χ1) is 11.5. The molecule has 2 aromatic heterocycles. The molecule has 2 amide bonds. The number of aromatic nitrogens is 2. The molecule has 124 valence electrons. The molecule has 0 radical (unpaired) electrons. The number of nitrogens with one attached hydrogen (secondary N) is 3. The topological polar surface area (TPSA) is 100 Å². The van der Waals surface area contributed by atoms with Gasteiger partial charge in [0.05, 0.1) is 23.6 Å². The van der Waals surface area contributed by atoms with E-state index in [0.29, 0.717) is 10.5 Å². The van der Waals surface area contributed by atoms with Crippen LogP contribution in [0.1, 0.15) is 29.3 Å². The van der Waals surface area contributed by atoms with Crippen molar-refractivity contribution in [3.8, 4) is 0 Å². The van der Waals surface area contributed by atoms with Gasteiger partial charge in [-0.2, -0.15) is 0 Å². The number of para-hydroxylation sites is 2. The lowest BCUT2D eigenvalue weighted by atomic mass is 10.3. The highest BCUT2D eigenvalue weighted by Gasteiger charge is 2.15. The van der Waals surface area contributed by atoms with E-state index in [0.717, 1.165) is 11.0 Å². The minimum Gasteiger partial charge on any atom is -0.444 e. The van der Waals surface area contributed by atoms with Gasteiger partial charge in [-0.15, -0.1) is 0 Å². The summed E-state index contributed by atoms with van der Waals surface area (Å²) >= 11 is 3.12. The van der Waals surface area contributed by atoms with E-state index in [1.165, 1.54) is 6.07 Å². The molecule has 0 aliphatic rings. The average molecular weight is 391 g/mol. The Hall–Kier alpha value is -2.61. The molecule has 2 heterocycles. The lowest BCUT2D eigenvalue weighted by Gasteiger charge is -2.11. The van der Waals surface area contributed by atoms with Crippen molar-refractivity contribution in [1.82, 2.24) is 20.6 Å².